The van der Waals surface area contributed by atoms with E-state index in [1.54, 1.807) is 6.92 Å². The van der Waals surface area contributed by atoms with E-state index in [2.05, 4.69) is 13.8 Å². The Morgan fingerprint density at radius 2 is 1.72 bits per heavy atom. The lowest BCUT2D eigenvalue weighted by Gasteiger charge is -2.54. The number of carbonyl (C=O) groups is 1. The van der Waals surface area contributed by atoms with Gasteiger partial charge in [0.15, 0.2) is 0 Å². The van der Waals surface area contributed by atoms with Crippen LogP contribution in [0.4, 0.5) is 0 Å². The van der Waals surface area contributed by atoms with E-state index in [4.69, 9.17) is 4.74 Å². The van der Waals surface area contributed by atoms with Gasteiger partial charge in [0, 0.05) is 32.0 Å². The summed E-state index contributed by atoms with van der Waals surface area (Å²) in [6.45, 7) is 16.7. The van der Waals surface area contributed by atoms with Gasteiger partial charge in [-0.15, -0.1) is 0 Å². The molecule has 2 unspecified atom stereocenters. The number of hydrogen-bond donors (Lipinski definition) is 0. The number of hydrogen-bond acceptors (Lipinski definition) is 2. The highest BCUT2D eigenvalue weighted by Gasteiger charge is 2.51. The van der Waals surface area contributed by atoms with Crippen LogP contribution in [0.1, 0.15) is 61.8 Å². The molecule has 1 saturated carbocycles. The summed E-state index contributed by atoms with van der Waals surface area (Å²) >= 11 is 0. The summed E-state index contributed by atoms with van der Waals surface area (Å²) in [5.74, 6) is 0.137. The first-order valence-corrected chi connectivity index (χ1v) is 7.26. The van der Waals surface area contributed by atoms with Crippen LogP contribution < -0.4 is 0 Å². The fraction of sp³-hybridized carbons (Fsp3) is 0.933. The Kier molecular flexibility index (Phi) is 10.3. The van der Waals surface area contributed by atoms with Crippen molar-refractivity contribution in [2.75, 3.05) is 13.7 Å². The smallest absolute Gasteiger partial charge is 0.219 e. The van der Waals surface area contributed by atoms with Crippen molar-refractivity contribution < 1.29 is 9.53 Å². The van der Waals surface area contributed by atoms with Gasteiger partial charge in [-0.1, -0.05) is 41.5 Å². The lowest BCUT2D eigenvalue weighted by Crippen LogP contribution is -2.62. The molecule has 1 aliphatic rings. The molecule has 3 nitrogen and oxygen atoms in total. The molecule has 0 radical (unpaired) electrons. The maximum atomic E-state index is 11.2. The first-order chi connectivity index (χ1) is 8.41. The lowest BCUT2D eigenvalue weighted by atomic mass is 9.64. The summed E-state index contributed by atoms with van der Waals surface area (Å²) in [5.41, 5.74) is 0.0937. The second-order valence-corrected chi connectivity index (χ2v) is 4.65. The highest BCUT2D eigenvalue weighted by atomic mass is 16.5. The maximum absolute atomic E-state index is 11.2. The van der Waals surface area contributed by atoms with Gasteiger partial charge < -0.3 is 9.64 Å². The monoisotopic (exact) mass is 259 g/mol. The van der Waals surface area contributed by atoms with Crippen LogP contribution in [0.3, 0.4) is 0 Å². The molecule has 1 amide bonds. The van der Waals surface area contributed by atoms with Gasteiger partial charge in [-0.05, 0) is 13.3 Å². The lowest BCUT2D eigenvalue weighted by molar-refractivity contribution is -0.161. The molecule has 0 saturated heterocycles. The highest BCUT2D eigenvalue weighted by Crippen LogP contribution is 2.45. The van der Waals surface area contributed by atoms with Crippen molar-refractivity contribution in [1.82, 2.24) is 4.90 Å². The molecule has 1 rings (SSSR count). The number of nitrogens with zero attached hydrogens (tertiary/aromatic N) is 1. The summed E-state index contributed by atoms with van der Waals surface area (Å²) in [7, 11) is 1.87. The fourth-order valence-electron chi connectivity index (χ4n) is 2.23. The summed E-state index contributed by atoms with van der Waals surface area (Å²) < 4.78 is 5.62. The zero-order valence-electron chi connectivity index (χ0n) is 13.8. The third-order valence-electron chi connectivity index (χ3n) is 3.46. The maximum Gasteiger partial charge on any atom is 0.219 e. The third-order valence-corrected chi connectivity index (χ3v) is 3.46. The number of amides is 1. The van der Waals surface area contributed by atoms with Crippen LogP contribution >= 0.6 is 0 Å². The Morgan fingerprint density at radius 3 is 2.00 bits per heavy atom. The van der Waals surface area contributed by atoms with Crippen LogP contribution in [-0.2, 0) is 9.53 Å². The van der Waals surface area contributed by atoms with Crippen molar-refractivity contribution in [3.63, 3.8) is 0 Å². The molecular formula is C15H33NO2. The second kappa shape index (κ2) is 9.37. The molecule has 0 aliphatic heterocycles. The molecule has 0 heterocycles. The minimum absolute atomic E-state index is 0.0937. The van der Waals surface area contributed by atoms with Crippen LogP contribution in [0.5, 0.6) is 0 Å². The summed E-state index contributed by atoms with van der Waals surface area (Å²) in [4.78, 5) is 13.0. The Bertz CT molecular complexity index is 227. The van der Waals surface area contributed by atoms with E-state index in [0.717, 1.165) is 13.0 Å². The zero-order chi connectivity index (χ0) is 14.9. The van der Waals surface area contributed by atoms with Crippen LogP contribution in [-0.4, -0.2) is 36.6 Å². The van der Waals surface area contributed by atoms with E-state index in [0.29, 0.717) is 12.1 Å². The van der Waals surface area contributed by atoms with Crippen molar-refractivity contribution in [3.8, 4) is 0 Å². The fourth-order valence-corrected chi connectivity index (χ4v) is 2.23. The Hall–Kier alpha value is -0.570. The normalized spacial score (nSPS) is 23.6. The summed E-state index contributed by atoms with van der Waals surface area (Å²) in [5, 5.41) is 0. The second-order valence-electron chi connectivity index (χ2n) is 4.65. The molecule has 0 aromatic heterocycles. The van der Waals surface area contributed by atoms with Gasteiger partial charge in [0.25, 0.3) is 0 Å². The Balaban J connectivity index is 0. The average Bonchev–Trinajstić information content (AvgIpc) is 2.38. The number of rotatable bonds is 3. The van der Waals surface area contributed by atoms with Gasteiger partial charge in [0.2, 0.25) is 5.91 Å². The summed E-state index contributed by atoms with van der Waals surface area (Å²) in [6, 6.07) is 0.330. The zero-order valence-corrected chi connectivity index (χ0v) is 13.8. The molecule has 18 heavy (non-hydrogen) atoms. The average molecular weight is 259 g/mol. The van der Waals surface area contributed by atoms with E-state index in [-0.39, 0.29) is 11.3 Å². The number of carbonyl (C=O) groups excluding carboxylic acids is 1. The van der Waals surface area contributed by atoms with Crippen LogP contribution in [0.25, 0.3) is 0 Å². The molecule has 3 heteroatoms. The quantitative estimate of drug-likeness (QED) is 0.773. The molecule has 1 aliphatic carbocycles. The molecule has 0 bridgehead atoms. The Morgan fingerprint density at radius 1 is 1.28 bits per heavy atom. The predicted molar refractivity (Wildman–Crippen MR) is 78.7 cm³/mol. The summed E-state index contributed by atoms with van der Waals surface area (Å²) in [6.07, 6.45) is 1.27. The number of ether oxygens (including phenoxy) is 1. The van der Waals surface area contributed by atoms with Crippen molar-refractivity contribution in [2.24, 2.45) is 5.41 Å². The highest BCUT2D eigenvalue weighted by molar-refractivity contribution is 5.73. The SMILES string of the molecule is CC.CC.CCOC1CC(N(C)C(C)=O)C1(C)C. The van der Waals surface area contributed by atoms with E-state index in [1.165, 1.54) is 0 Å². The molecule has 0 aromatic carbocycles. The van der Waals surface area contributed by atoms with Gasteiger partial charge in [0.1, 0.15) is 0 Å². The van der Waals surface area contributed by atoms with Crippen molar-refractivity contribution in [1.29, 1.82) is 0 Å². The van der Waals surface area contributed by atoms with Crippen LogP contribution in [0.15, 0.2) is 0 Å². The molecular weight excluding hydrogens is 226 g/mol. The van der Waals surface area contributed by atoms with E-state index in [9.17, 15) is 4.79 Å². The van der Waals surface area contributed by atoms with Crippen LogP contribution in [0, 0.1) is 5.41 Å². The minimum atomic E-state index is 0.0937. The largest absolute Gasteiger partial charge is 0.378 e. The molecule has 0 N–H and O–H groups in total. The van der Waals surface area contributed by atoms with Gasteiger partial charge in [-0.3, -0.25) is 4.79 Å². The Labute approximate surface area is 114 Å². The third kappa shape index (κ3) is 4.60. The molecule has 110 valence electrons. The van der Waals surface area contributed by atoms with E-state index in [1.807, 2.05) is 46.6 Å². The van der Waals surface area contributed by atoms with Crippen molar-refractivity contribution in [2.45, 2.75) is 74.0 Å². The van der Waals surface area contributed by atoms with Gasteiger partial charge in [-0.25, -0.2) is 0 Å². The first-order valence-electron chi connectivity index (χ1n) is 7.26. The first kappa shape index (κ1) is 19.8. The van der Waals surface area contributed by atoms with Gasteiger partial charge >= 0.3 is 0 Å². The van der Waals surface area contributed by atoms with E-state index < -0.39 is 0 Å². The van der Waals surface area contributed by atoms with Gasteiger partial charge in [-0.2, -0.15) is 0 Å². The topological polar surface area (TPSA) is 29.5 Å². The van der Waals surface area contributed by atoms with Crippen LogP contribution in [0.2, 0.25) is 0 Å². The minimum Gasteiger partial charge on any atom is -0.378 e. The molecule has 0 aromatic rings. The van der Waals surface area contributed by atoms with Crippen molar-refractivity contribution >= 4 is 5.91 Å². The van der Waals surface area contributed by atoms with E-state index >= 15 is 0 Å². The molecule has 0 spiro atoms. The standard InChI is InChI=1S/C11H21NO2.2C2H6/c1-6-14-10-7-9(11(10,3)4)12(5)8(2)13;2*1-2/h9-10H,6-7H2,1-5H3;2*1-2H3. The molecule has 1 fully saturated rings. The van der Waals surface area contributed by atoms with Crippen molar-refractivity contribution in [3.05, 3.63) is 0 Å². The predicted octanol–water partition coefficient (Wildman–Crippen LogP) is 3.72. The van der Waals surface area contributed by atoms with Gasteiger partial charge in [0.05, 0.1) is 6.10 Å². The molecule has 2 atom stereocenters.